The highest BCUT2D eigenvalue weighted by Gasteiger charge is 2.40. The lowest BCUT2D eigenvalue weighted by Gasteiger charge is -2.38. The van der Waals surface area contributed by atoms with Gasteiger partial charge in [0.25, 0.3) is 5.91 Å². The Morgan fingerprint density at radius 2 is 2.05 bits per heavy atom. The van der Waals surface area contributed by atoms with Crippen LogP contribution in [0.15, 0.2) is 12.1 Å². The molecule has 2 atom stereocenters. The molecule has 2 unspecified atom stereocenters. The summed E-state index contributed by atoms with van der Waals surface area (Å²) in [5.41, 5.74) is 6.45. The van der Waals surface area contributed by atoms with Crippen molar-refractivity contribution in [3.05, 3.63) is 17.8 Å². The number of nitrogens with one attached hydrogen (secondary N) is 1. The maximum absolute atomic E-state index is 11.7. The van der Waals surface area contributed by atoms with Gasteiger partial charge in [0.2, 0.25) is 0 Å². The van der Waals surface area contributed by atoms with Gasteiger partial charge in [-0.3, -0.25) is 4.79 Å². The molecule has 6 nitrogen and oxygen atoms in total. The minimum atomic E-state index is -0.171. The fourth-order valence-electron chi connectivity index (χ4n) is 3.43. The zero-order valence-electron chi connectivity index (χ0n) is 11.7. The van der Waals surface area contributed by atoms with Gasteiger partial charge >= 0.3 is 0 Å². The average molecular weight is 275 g/mol. The Hall–Kier alpha value is -1.69. The van der Waals surface area contributed by atoms with Crippen LogP contribution in [0.5, 0.6) is 0 Å². The monoisotopic (exact) mass is 275 g/mol. The van der Waals surface area contributed by atoms with E-state index in [0.29, 0.717) is 30.4 Å². The van der Waals surface area contributed by atoms with Crippen LogP contribution in [0.4, 0.5) is 5.82 Å². The number of hydrogen-bond acceptors (Lipinski definition) is 5. The smallest absolute Gasteiger partial charge is 0.271 e. The van der Waals surface area contributed by atoms with E-state index in [1.54, 1.807) is 6.07 Å². The van der Waals surface area contributed by atoms with Gasteiger partial charge < -0.3 is 16.0 Å². The van der Waals surface area contributed by atoms with Crippen molar-refractivity contribution < 1.29 is 4.79 Å². The molecule has 0 saturated carbocycles. The Labute approximate surface area is 118 Å². The number of nitrogens with two attached hydrogens (primary N) is 1. The molecule has 2 aliphatic heterocycles. The second kappa shape index (κ2) is 5.36. The minimum absolute atomic E-state index is 0.171. The van der Waals surface area contributed by atoms with E-state index in [1.807, 2.05) is 13.0 Å². The largest absolute Gasteiger partial charge is 0.351 e. The van der Waals surface area contributed by atoms with Crippen LogP contribution in [-0.2, 0) is 0 Å². The van der Waals surface area contributed by atoms with Crippen molar-refractivity contribution in [3.8, 4) is 0 Å². The van der Waals surface area contributed by atoms with E-state index in [2.05, 4.69) is 20.4 Å². The van der Waals surface area contributed by atoms with Gasteiger partial charge in [-0.15, -0.1) is 10.2 Å². The second-order valence-corrected chi connectivity index (χ2v) is 5.66. The summed E-state index contributed by atoms with van der Waals surface area (Å²) >= 11 is 0. The molecule has 0 aliphatic carbocycles. The van der Waals surface area contributed by atoms with E-state index in [0.717, 1.165) is 18.7 Å². The predicted molar refractivity (Wildman–Crippen MR) is 76.5 cm³/mol. The number of piperidine rings is 1. The first-order valence-corrected chi connectivity index (χ1v) is 7.35. The Kier molecular flexibility index (Phi) is 3.56. The van der Waals surface area contributed by atoms with Crippen molar-refractivity contribution in [2.24, 2.45) is 5.73 Å². The maximum atomic E-state index is 11.7. The number of anilines is 1. The first-order chi connectivity index (χ1) is 9.69. The van der Waals surface area contributed by atoms with Crippen LogP contribution >= 0.6 is 0 Å². The van der Waals surface area contributed by atoms with Gasteiger partial charge in [0.05, 0.1) is 0 Å². The molecular weight excluding hydrogens is 254 g/mol. The number of hydrogen-bond donors (Lipinski definition) is 2. The maximum Gasteiger partial charge on any atom is 0.271 e. The molecule has 3 heterocycles. The number of nitrogens with zero attached hydrogens (tertiary/aromatic N) is 3. The van der Waals surface area contributed by atoms with Crippen LogP contribution in [0.2, 0.25) is 0 Å². The van der Waals surface area contributed by atoms with Gasteiger partial charge in [-0.05, 0) is 44.7 Å². The SMILES string of the molecule is CCNC(=O)c1ccc(N2C3CCC2CC(N)C3)nn1. The van der Waals surface area contributed by atoms with E-state index in [-0.39, 0.29) is 5.91 Å². The van der Waals surface area contributed by atoms with Gasteiger partial charge in [0.1, 0.15) is 0 Å². The molecule has 3 rings (SSSR count). The Morgan fingerprint density at radius 3 is 2.60 bits per heavy atom. The number of carbonyl (C=O) groups is 1. The molecule has 3 N–H and O–H groups in total. The van der Waals surface area contributed by atoms with Crippen LogP contribution in [0.25, 0.3) is 0 Å². The lowest BCUT2D eigenvalue weighted by Crippen LogP contribution is -2.48. The van der Waals surface area contributed by atoms with Crippen molar-refractivity contribution in [1.82, 2.24) is 15.5 Å². The zero-order valence-corrected chi connectivity index (χ0v) is 11.7. The molecule has 1 aromatic heterocycles. The van der Waals surface area contributed by atoms with Gasteiger partial charge in [-0.1, -0.05) is 0 Å². The van der Waals surface area contributed by atoms with Gasteiger partial charge in [0.15, 0.2) is 11.5 Å². The van der Waals surface area contributed by atoms with E-state index in [1.165, 1.54) is 12.8 Å². The van der Waals surface area contributed by atoms with E-state index in [9.17, 15) is 4.79 Å². The average Bonchev–Trinajstić information content (AvgIpc) is 2.71. The summed E-state index contributed by atoms with van der Waals surface area (Å²) in [5, 5.41) is 11.0. The first-order valence-electron chi connectivity index (χ1n) is 7.35. The van der Waals surface area contributed by atoms with Crippen LogP contribution in [0.1, 0.15) is 43.1 Å². The van der Waals surface area contributed by atoms with Gasteiger partial charge in [-0.2, -0.15) is 0 Å². The zero-order chi connectivity index (χ0) is 14.1. The summed E-state index contributed by atoms with van der Waals surface area (Å²) in [6, 6.07) is 4.93. The number of amides is 1. The van der Waals surface area contributed by atoms with E-state index in [4.69, 9.17) is 5.73 Å². The summed E-state index contributed by atoms with van der Waals surface area (Å²) in [4.78, 5) is 14.0. The van der Waals surface area contributed by atoms with Crippen molar-refractivity contribution >= 4 is 11.7 Å². The molecule has 20 heavy (non-hydrogen) atoms. The fraction of sp³-hybridized carbons (Fsp3) is 0.643. The van der Waals surface area contributed by atoms with E-state index < -0.39 is 0 Å². The summed E-state index contributed by atoms with van der Waals surface area (Å²) in [5.74, 6) is 0.702. The fourth-order valence-corrected chi connectivity index (χ4v) is 3.43. The molecule has 0 radical (unpaired) electrons. The lowest BCUT2D eigenvalue weighted by molar-refractivity contribution is 0.0950. The first kappa shape index (κ1) is 13.3. The van der Waals surface area contributed by atoms with E-state index >= 15 is 0 Å². The molecule has 2 bridgehead atoms. The normalized spacial score (nSPS) is 28.5. The number of fused-ring (bicyclic) bond motifs is 2. The third-order valence-electron chi connectivity index (χ3n) is 4.25. The van der Waals surface area contributed by atoms with Crippen LogP contribution in [-0.4, -0.2) is 40.8 Å². The van der Waals surface area contributed by atoms with Crippen molar-refractivity contribution in [2.75, 3.05) is 11.4 Å². The summed E-state index contributed by atoms with van der Waals surface area (Å²) in [6.07, 6.45) is 4.41. The molecule has 1 aromatic rings. The standard InChI is InChI=1S/C14H21N5O/c1-2-16-14(20)12-5-6-13(18-17-12)19-10-3-4-11(19)8-9(15)7-10/h5-6,9-11H,2-4,7-8,15H2,1H3,(H,16,20). The van der Waals surface area contributed by atoms with Crippen molar-refractivity contribution in [2.45, 2.75) is 50.7 Å². The third kappa shape index (κ3) is 2.35. The summed E-state index contributed by atoms with van der Waals surface area (Å²) in [6.45, 7) is 2.48. The molecular formula is C14H21N5O. The second-order valence-electron chi connectivity index (χ2n) is 5.66. The Morgan fingerprint density at radius 1 is 1.35 bits per heavy atom. The quantitative estimate of drug-likeness (QED) is 0.847. The van der Waals surface area contributed by atoms with Gasteiger partial charge in [0, 0.05) is 24.7 Å². The molecule has 1 amide bonds. The molecule has 108 valence electrons. The highest BCUT2D eigenvalue weighted by Crippen LogP contribution is 2.37. The number of carbonyl (C=O) groups excluding carboxylic acids is 1. The summed E-state index contributed by atoms with van der Waals surface area (Å²) in [7, 11) is 0. The third-order valence-corrected chi connectivity index (χ3v) is 4.25. The highest BCUT2D eigenvalue weighted by atomic mass is 16.1. The lowest BCUT2D eigenvalue weighted by atomic mass is 9.98. The van der Waals surface area contributed by atoms with Gasteiger partial charge in [-0.25, -0.2) is 0 Å². The van der Waals surface area contributed by atoms with Crippen LogP contribution < -0.4 is 16.0 Å². The molecule has 0 aromatic carbocycles. The van der Waals surface area contributed by atoms with Crippen LogP contribution in [0.3, 0.4) is 0 Å². The molecule has 0 spiro atoms. The molecule has 2 aliphatic rings. The Bertz CT molecular complexity index is 475. The van der Waals surface area contributed by atoms with Crippen LogP contribution in [0, 0.1) is 0 Å². The summed E-state index contributed by atoms with van der Waals surface area (Å²) < 4.78 is 0. The molecule has 2 fully saturated rings. The Balaban J connectivity index is 1.77. The topological polar surface area (TPSA) is 84.1 Å². The predicted octanol–water partition coefficient (Wildman–Crippen LogP) is 0.685. The molecule has 6 heteroatoms. The van der Waals surface area contributed by atoms with Crippen molar-refractivity contribution in [1.29, 1.82) is 0 Å². The molecule has 2 saturated heterocycles. The number of rotatable bonds is 3. The minimum Gasteiger partial charge on any atom is -0.351 e. The number of aromatic nitrogens is 2. The van der Waals surface area contributed by atoms with Crippen molar-refractivity contribution in [3.63, 3.8) is 0 Å². The highest BCUT2D eigenvalue weighted by molar-refractivity contribution is 5.92.